The molecule has 0 bridgehead atoms. The number of rotatable bonds is 1. The van der Waals surface area contributed by atoms with E-state index >= 15 is 0 Å². The molecule has 0 fully saturated rings. The molecule has 1 aliphatic rings. The fourth-order valence-corrected chi connectivity index (χ4v) is 2.31. The lowest BCUT2D eigenvalue weighted by Crippen LogP contribution is -2.29. The van der Waals surface area contributed by atoms with Crippen LogP contribution in [0.5, 0.6) is 0 Å². The average Bonchev–Trinajstić information content (AvgIpc) is 2.46. The van der Waals surface area contributed by atoms with Crippen molar-refractivity contribution in [1.29, 1.82) is 0 Å². The number of nitrogens with zero attached hydrogens (tertiary/aromatic N) is 2. The van der Waals surface area contributed by atoms with Crippen molar-refractivity contribution in [1.82, 2.24) is 15.3 Å². The summed E-state index contributed by atoms with van der Waals surface area (Å²) in [5.74, 6) is -0.486. The molecule has 0 aliphatic carbocycles. The fourth-order valence-electron chi connectivity index (χ4n) is 2.31. The summed E-state index contributed by atoms with van der Waals surface area (Å²) in [7, 11) is 0. The number of aromatic nitrogens is 2. The second-order valence-electron chi connectivity index (χ2n) is 4.75. The molecule has 7 heteroatoms. The third kappa shape index (κ3) is 2.73. The second-order valence-corrected chi connectivity index (χ2v) is 4.75. The SMILES string of the molecule is Fc1ccc(-c2nc3c(c(C(F)(F)F)n2)CNCC3)cc1. The standard InChI is InChI=1S/C14H11F4N3/c15-9-3-1-8(2-4-9)13-20-11-5-6-19-7-10(11)12(21-13)14(16,17)18/h1-4,19H,5-7H2. The molecule has 1 aliphatic heterocycles. The predicted molar refractivity (Wildman–Crippen MR) is 67.8 cm³/mol. The van der Waals surface area contributed by atoms with Gasteiger partial charge in [0, 0.05) is 30.6 Å². The van der Waals surface area contributed by atoms with Crippen LogP contribution >= 0.6 is 0 Å². The molecule has 1 aromatic carbocycles. The predicted octanol–water partition coefficient (Wildman–Crippen LogP) is 2.95. The first-order chi connectivity index (χ1) is 9.95. The van der Waals surface area contributed by atoms with Crippen LogP contribution in [-0.2, 0) is 19.1 Å². The van der Waals surface area contributed by atoms with E-state index in [9.17, 15) is 17.6 Å². The van der Waals surface area contributed by atoms with Gasteiger partial charge < -0.3 is 5.32 Å². The van der Waals surface area contributed by atoms with Crippen molar-refractivity contribution in [3.63, 3.8) is 0 Å². The van der Waals surface area contributed by atoms with Gasteiger partial charge in [0.25, 0.3) is 0 Å². The summed E-state index contributed by atoms with van der Waals surface area (Å²) in [6, 6.07) is 5.09. The molecule has 0 atom stereocenters. The van der Waals surface area contributed by atoms with Gasteiger partial charge in [-0.2, -0.15) is 13.2 Å². The van der Waals surface area contributed by atoms with E-state index in [4.69, 9.17) is 0 Å². The number of hydrogen-bond acceptors (Lipinski definition) is 3. The summed E-state index contributed by atoms with van der Waals surface area (Å²) in [4.78, 5) is 7.87. The quantitative estimate of drug-likeness (QED) is 0.822. The third-order valence-electron chi connectivity index (χ3n) is 3.30. The van der Waals surface area contributed by atoms with Crippen molar-refractivity contribution in [3.8, 4) is 11.4 Å². The summed E-state index contributed by atoms with van der Waals surface area (Å²) in [6.07, 6.45) is -4.13. The smallest absolute Gasteiger partial charge is 0.312 e. The lowest BCUT2D eigenvalue weighted by molar-refractivity contribution is -0.142. The van der Waals surface area contributed by atoms with Crippen LogP contribution in [-0.4, -0.2) is 16.5 Å². The molecule has 0 spiro atoms. The topological polar surface area (TPSA) is 37.8 Å². The molecule has 3 rings (SSSR count). The zero-order valence-electron chi connectivity index (χ0n) is 10.8. The van der Waals surface area contributed by atoms with Gasteiger partial charge >= 0.3 is 6.18 Å². The summed E-state index contributed by atoms with van der Waals surface area (Å²) in [5.41, 5.74) is -0.0581. The highest BCUT2D eigenvalue weighted by atomic mass is 19.4. The van der Waals surface area contributed by atoms with Gasteiger partial charge in [-0.1, -0.05) is 0 Å². The van der Waals surface area contributed by atoms with Crippen LogP contribution in [0.15, 0.2) is 24.3 Å². The van der Waals surface area contributed by atoms with E-state index in [1.807, 2.05) is 0 Å². The van der Waals surface area contributed by atoms with Crippen molar-refractivity contribution in [2.45, 2.75) is 19.1 Å². The third-order valence-corrected chi connectivity index (χ3v) is 3.30. The number of hydrogen-bond donors (Lipinski definition) is 1. The van der Waals surface area contributed by atoms with Crippen LogP contribution in [0.3, 0.4) is 0 Å². The summed E-state index contributed by atoms with van der Waals surface area (Å²) in [5, 5.41) is 2.89. The van der Waals surface area contributed by atoms with Gasteiger partial charge in [0.1, 0.15) is 5.82 Å². The normalized spacial score (nSPS) is 14.9. The molecule has 110 valence electrons. The molecule has 1 aromatic heterocycles. The number of benzene rings is 1. The molecule has 0 unspecified atom stereocenters. The Morgan fingerprint density at radius 2 is 1.76 bits per heavy atom. The lowest BCUT2D eigenvalue weighted by atomic mass is 10.0. The zero-order chi connectivity index (χ0) is 15.0. The van der Waals surface area contributed by atoms with Gasteiger partial charge in [0.05, 0.1) is 5.69 Å². The molecule has 0 radical (unpaired) electrons. The van der Waals surface area contributed by atoms with Gasteiger partial charge in [-0.3, -0.25) is 0 Å². The Balaban J connectivity index is 2.16. The maximum atomic E-state index is 13.2. The average molecular weight is 297 g/mol. The summed E-state index contributed by atoms with van der Waals surface area (Å²) >= 11 is 0. The van der Waals surface area contributed by atoms with Crippen LogP contribution in [0.2, 0.25) is 0 Å². The Hall–Kier alpha value is -2.02. The number of alkyl halides is 3. The van der Waals surface area contributed by atoms with Gasteiger partial charge in [-0.25, -0.2) is 14.4 Å². The maximum absolute atomic E-state index is 13.2. The van der Waals surface area contributed by atoms with Crippen LogP contribution in [0.25, 0.3) is 11.4 Å². The molecule has 0 amide bonds. The van der Waals surface area contributed by atoms with Crippen molar-refractivity contribution >= 4 is 0 Å². The van der Waals surface area contributed by atoms with E-state index in [1.165, 1.54) is 24.3 Å². The van der Waals surface area contributed by atoms with Crippen molar-refractivity contribution < 1.29 is 17.6 Å². The van der Waals surface area contributed by atoms with Gasteiger partial charge in [-0.15, -0.1) is 0 Å². The van der Waals surface area contributed by atoms with E-state index in [-0.39, 0.29) is 17.9 Å². The largest absolute Gasteiger partial charge is 0.433 e. The summed E-state index contributed by atoms with van der Waals surface area (Å²) < 4.78 is 52.4. The fraction of sp³-hybridized carbons (Fsp3) is 0.286. The molecule has 2 aromatic rings. The van der Waals surface area contributed by atoms with Crippen LogP contribution < -0.4 is 5.32 Å². The molecule has 1 N–H and O–H groups in total. The summed E-state index contributed by atoms with van der Waals surface area (Å²) in [6.45, 7) is 0.679. The van der Waals surface area contributed by atoms with Gasteiger partial charge in [0.2, 0.25) is 0 Å². The van der Waals surface area contributed by atoms with Gasteiger partial charge in [-0.05, 0) is 24.3 Å². The first-order valence-corrected chi connectivity index (χ1v) is 6.39. The van der Waals surface area contributed by atoms with E-state index in [0.717, 1.165) is 0 Å². The first kappa shape index (κ1) is 13.9. The van der Waals surface area contributed by atoms with Crippen LogP contribution in [0.1, 0.15) is 17.0 Å². The lowest BCUT2D eigenvalue weighted by Gasteiger charge is -2.21. The van der Waals surface area contributed by atoms with Crippen molar-refractivity contribution in [3.05, 3.63) is 47.0 Å². The Kier molecular flexibility index (Phi) is 3.36. The highest BCUT2D eigenvalue weighted by Gasteiger charge is 2.38. The highest BCUT2D eigenvalue weighted by molar-refractivity contribution is 5.56. The minimum Gasteiger partial charge on any atom is -0.312 e. The molecular formula is C14H11F4N3. The first-order valence-electron chi connectivity index (χ1n) is 6.39. The molecule has 2 heterocycles. The molecule has 0 saturated heterocycles. The Bertz CT molecular complexity index is 665. The van der Waals surface area contributed by atoms with Gasteiger partial charge in [0.15, 0.2) is 11.5 Å². The molecule has 3 nitrogen and oxygen atoms in total. The molecular weight excluding hydrogens is 286 g/mol. The number of nitrogens with one attached hydrogen (secondary N) is 1. The molecule has 21 heavy (non-hydrogen) atoms. The minimum absolute atomic E-state index is 0.0250. The minimum atomic E-state index is -4.54. The van der Waals surface area contributed by atoms with Crippen molar-refractivity contribution in [2.24, 2.45) is 0 Å². The Labute approximate surface area is 118 Å². The Morgan fingerprint density at radius 1 is 1.05 bits per heavy atom. The van der Waals surface area contributed by atoms with E-state index in [2.05, 4.69) is 15.3 Å². The highest BCUT2D eigenvalue weighted by Crippen LogP contribution is 2.34. The number of fused-ring (bicyclic) bond motifs is 1. The van der Waals surface area contributed by atoms with E-state index < -0.39 is 17.7 Å². The van der Waals surface area contributed by atoms with E-state index in [0.29, 0.717) is 24.2 Å². The zero-order valence-corrected chi connectivity index (χ0v) is 10.8. The van der Waals surface area contributed by atoms with Crippen LogP contribution in [0, 0.1) is 5.82 Å². The Morgan fingerprint density at radius 3 is 2.43 bits per heavy atom. The maximum Gasteiger partial charge on any atom is 0.433 e. The van der Waals surface area contributed by atoms with E-state index in [1.54, 1.807) is 0 Å². The monoisotopic (exact) mass is 297 g/mol. The van der Waals surface area contributed by atoms with Crippen LogP contribution in [0.4, 0.5) is 17.6 Å². The second kappa shape index (κ2) is 5.07. The number of halogens is 4. The molecule has 0 saturated carbocycles. The van der Waals surface area contributed by atoms with Crippen molar-refractivity contribution in [2.75, 3.05) is 6.54 Å².